The number of aromatic nitrogens is 1. The molecule has 0 saturated heterocycles. The van der Waals surface area contributed by atoms with Gasteiger partial charge >= 0.3 is 6.03 Å². The van der Waals surface area contributed by atoms with Crippen molar-refractivity contribution in [3.8, 4) is 0 Å². The first-order valence-corrected chi connectivity index (χ1v) is 8.57. The summed E-state index contributed by atoms with van der Waals surface area (Å²) in [6.07, 6.45) is 3.18. The number of carbonyl (C=O) groups excluding carboxylic acids is 1. The van der Waals surface area contributed by atoms with Crippen LogP contribution >= 0.6 is 0 Å². The molecule has 2 rings (SSSR count). The molecule has 23 heavy (non-hydrogen) atoms. The van der Waals surface area contributed by atoms with Crippen LogP contribution in [-0.2, 0) is 22.3 Å². The van der Waals surface area contributed by atoms with E-state index in [-0.39, 0.29) is 11.8 Å². The fourth-order valence-electron chi connectivity index (χ4n) is 1.84. The number of carbonyl (C=O) groups is 1. The highest BCUT2D eigenvalue weighted by Gasteiger charge is 2.08. The summed E-state index contributed by atoms with van der Waals surface area (Å²) >= 11 is 0. The molecule has 2 aromatic rings. The summed E-state index contributed by atoms with van der Waals surface area (Å²) < 4.78 is 25.2. The summed E-state index contributed by atoms with van der Waals surface area (Å²) in [5, 5.41) is 5.41. The van der Waals surface area contributed by atoms with Gasteiger partial charge in [-0.1, -0.05) is 24.3 Å². The summed E-state index contributed by atoms with van der Waals surface area (Å²) in [6.45, 7) is 0.343. The van der Waals surface area contributed by atoms with Crippen molar-refractivity contribution in [2.45, 2.75) is 12.3 Å². The van der Waals surface area contributed by atoms with Gasteiger partial charge in [-0.05, 0) is 30.3 Å². The van der Waals surface area contributed by atoms with Gasteiger partial charge in [-0.15, -0.1) is 0 Å². The Morgan fingerprint density at radius 3 is 2.26 bits per heavy atom. The number of anilines is 1. The van der Waals surface area contributed by atoms with Crippen molar-refractivity contribution in [2.24, 2.45) is 0 Å². The van der Waals surface area contributed by atoms with Gasteiger partial charge in [0.2, 0.25) is 10.0 Å². The Labute approximate surface area is 135 Å². The van der Waals surface area contributed by atoms with E-state index in [1.165, 1.54) is 7.05 Å². The summed E-state index contributed by atoms with van der Waals surface area (Å²) in [4.78, 5) is 15.6. The van der Waals surface area contributed by atoms with Crippen LogP contribution in [0.2, 0.25) is 0 Å². The molecule has 1 aromatic carbocycles. The molecule has 0 radical (unpaired) electrons. The fourth-order valence-corrected chi connectivity index (χ4v) is 2.61. The standard InChI is InChI=1S/C15H18N4O3S/c1-16-23(21,22)11-13-4-2-12(3-5-13)10-18-15(20)19-14-6-8-17-9-7-14/h2-9,16H,10-11H2,1H3,(H2,17,18,19,20). The molecular formula is C15H18N4O3S. The molecule has 0 unspecified atom stereocenters. The van der Waals surface area contributed by atoms with E-state index in [0.717, 1.165) is 5.56 Å². The minimum atomic E-state index is -3.28. The van der Waals surface area contributed by atoms with Gasteiger partial charge in [0.05, 0.1) is 5.75 Å². The molecule has 1 aromatic heterocycles. The monoisotopic (exact) mass is 334 g/mol. The van der Waals surface area contributed by atoms with E-state index in [1.54, 1.807) is 48.8 Å². The number of hydrogen-bond donors (Lipinski definition) is 3. The number of nitrogens with zero attached hydrogens (tertiary/aromatic N) is 1. The van der Waals surface area contributed by atoms with Crippen LogP contribution in [0.1, 0.15) is 11.1 Å². The molecule has 0 atom stereocenters. The second kappa shape index (κ2) is 7.70. The van der Waals surface area contributed by atoms with E-state index in [9.17, 15) is 13.2 Å². The molecular weight excluding hydrogens is 316 g/mol. The summed E-state index contributed by atoms with van der Waals surface area (Å²) in [5.41, 5.74) is 2.22. The molecule has 0 aliphatic carbocycles. The minimum absolute atomic E-state index is 0.0697. The zero-order chi connectivity index (χ0) is 16.7. The lowest BCUT2D eigenvalue weighted by atomic mass is 10.1. The third kappa shape index (κ3) is 5.68. The van der Waals surface area contributed by atoms with E-state index in [1.807, 2.05) is 0 Å². The molecule has 0 aliphatic heterocycles. The summed E-state index contributed by atoms with van der Waals surface area (Å²) in [6, 6.07) is 10.1. The molecule has 3 N–H and O–H groups in total. The highest BCUT2D eigenvalue weighted by Crippen LogP contribution is 2.08. The molecule has 0 spiro atoms. The normalized spacial score (nSPS) is 11.0. The number of nitrogens with one attached hydrogen (secondary N) is 3. The zero-order valence-corrected chi connectivity index (χ0v) is 13.4. The molecule has 1 heterocycles. The first-order valence-electron chi connectivity index (χ1n) is 6.92. The predicted molar refractivity (Wildman–Crippen MR) is 88.2 cm³/mol. The number of pyridine rings is 1. The van der Waals surface area contributed by atoms with Crippen LogP contribution in [0.25, 0.3) is 0 Å². The van der Waals surface area contributed by atoms with Crippen LogP contribution in [-0.4, -0.2) is 26.5 Å². The molecule has 0 aliphatic rings. The second-order valence-corrected chi connectivity index (χ2v) is 6.75. The predicted octanol–water partition coefficient (Wildman–Crippen LogP) is 1.45. The lowest BCUT2D eigenvalue weighted by Crippen LogP contribution is -2.28. The Morgan fingerprint density at radius 2 is 1.65 bits per heavy atom. The first-order chi connectivity index (χ1) is 11.0. The zero-order valence-electron chi connectivity index (χ0n) is 12.6. The van der Waals surface area contributed by atoms with Gasteiger partial charge in [0.15, 0.2) is 0 Å². The lowest BCUT2D eigenvalue weighted by Gasteiger charge is -2.08. The van der Waals surface area contributed by atoms with Crippen LogP contribution in [0.5, 0.6) is 0 Å². The fraction of sp³-hybridized carbons (Fsp3) is 0.200. The lowest BCUT2D eigenvalue weighted by molar-refractivity contribution is 0.251. The number of sulfonamides is 1. The van der Waals surface area contributed by atoms with E-state index >= 15 is 0 Å². The quantitative estimate of drug-likeness (QED) is 0.744. The van der Waals surface area contributed by atoms with Crippen molar-refractivity contribution >= 4 is 21.7 Å². The SMILES string of the molecule is CNS(=O)(=O)Cc1ccc(CNC(=O)Nc2ccncc2)cc1. The second-order valence-electron chi connectivity index (χ2n) is 4.82. The Bertz CT molecular complexity index is 746. The number of rotatable bonds is 6. The molecule has 8 heteroatoms. The molecule has 122 valence electrons. The van der Waals surface area contributed by atoms with Gasteiger partial charge in [-0.3, -0.25) is 4.98 Å². The Kier molecular flexibility index (Phi) is 5.67. The minimum Gasteiger partial charge on any atom is -0.334 e. The van der Waals surface area contributed by atoms with Crippen molar-refractivity contribution in [3.63, 3.8) is 0 Å². The van der Waals surface area contributed by atoms with Gasteiger partial charge in [0.25, 0.3) is 0 Å². The van der Waals surface area contributed by atoms with Gasteiger partial charge in [-0.25, -0.2) is 17.9 Å². The van der Waals surface area contributed by atoms with Crippen LogP contribution in [0.15, 0.2) is 48.8 Å². The van der Waals surface area contributed by atoms with Crippen LogP contribution < -0.4 is 15.4 Å². The molecule has 0 fully saturated rings. The van der Waals surface area contributed by atoms with Crippen LogP contribution in [0.3, 0.4) is 0 Å². The van der Waals surface area contributed by atoms with Gasteiger partial charge in [-0.2, -0.15) is 0 Å². The Morgan fingerprint density at radius 1 is 1.04 bits per heavy atom. The third-order valence-corrected chi connectivity index (χ3v) is 4.42. The largest absolute Gasteiger partial charge is 0.334 e. The van der Waals surface area contributed by atoms with E-state index in [2.05, 4.69) is 20.3 Å². The summed E-state index contributed by atoms with van der Waals surface area (Å²) in [5.74, 6) is -0.0697. The highest BCUT2D eigenvalue weighted by atomic mass is 32.2. The number of amides is 2. The molecule has 7 nitrogen and oxygen atoms in total. The van der Waals surface area contributed by atoms with Crippen molar-refractivity contribution in [3.05, 3.63) is 59.9 Å². The van der Waals surface area contributed by atoms with Crippen molar-refractivity contribution in [2.75, 3.05) is 12.4 Å². The maximum absolute atomic E-state index is 11.7. The number of benzene rings is 1. The van der Waals surface area contributed by atoms with Gasteiger partial charge < -0.3 is 10.6 Å². The molecule has 2 amide bonds. The topological polar surface area (TPSA) is 100 Å². The average Bonchev–Trinajstić information content (AvgIpc) is 2.55. The van der Waals surface area contributed by atoms with Crippen molar-refractivity contribution in [1.29, 1.82) is 0 Å². The maximum Gasteiger partial charge on any atom is 0.319 e. The molecule has 0 bridgehead atoms. The van der Waals surface area contributed by atoms with Gasteiger partial charge in [0.1, 0.15) is 0 Å². The van der Waals surface area contributed by atoms with E-state index < -0.39 is 10.0 Å². The van der Waals surface area contributed by atoms with Crippen LogP contribution in [0, 0.1) is 0 Å². The van der Waals surface area contributed by atoms with Crippen LogP contribution in [0.4, 0.5) is 10.5 Å². The molecule has 0 saturated carbocycles. The van der Waals surface area contributed by atoms with Gasteiger partial charge in [0, 0.05) is 24.6 Å². The maximum atomic E-state index is 11.7. The Balaban J connectivity index is 1.85. The summed E-state index contributed by atoms with van der Waals surface area (Å²) in [7, 11) is -1.90. The van der Waals surface area contributed by atoms with E-state index in [4.69, 9.17) is 0 Å². The van der Waals surface area contributed by atoms with E-state index in [0.29, 0.717) is 17.8 Å². The number of hydrogen-bond acceptors (Lipinski definition) is 4. The third-order valence-electron chi connectivity index (χ3n) is 3.08. The Hall–Kier alpha value is -2.45. The highest BCUT2D eigenvalue weighted by molar-refractivity contribution is 7.88. The van der Waals surface area contributed by atoms with Crippen molar-refractivity contribution < 1.29 is 13.2 Å². The smallest absolute Gasteiger partial charge is 0.319 e. The number of urea groups is 1. The first kappa shape index (κ1) is 16.9. The van der Waals surface area contributed by atoms with Crippen molar-refractivity contribution in [1.82, 2.24) is 15.0 Å². The average molecular weight is 334 g/mol.